The van der Waals surface area contributed by atoms with Crippen LogP contribution in [-0.4, -0.2) is 38.0 Å². The van der Waals surface area contributed by atoms with Crippen molar-refractivity contribution in [1.29, 1.82) is 0 Å². The maximum Gasteiger partial charge on any atom is 0.219 e. The summed E-state index contributed by atoms with van der Waals surface area (Å²) in [6.45, 7) is 7.05. The third-order valence-corrected chi connectivity index (χ3v) is 1.73. The average Bonchev–Trinajstić information content (AvgIpc) is 2.63. The Kier molecular flexibility index (Phi) is 3.83. The van der Waals surface area contributed by atoms with E-state index in [1.807, 2.05) is 20.8 Å². The van der Waals surface area contributed by atoms with Gasteiger partial charge < -0.3 is 15.7 Å². The highest BCUT2D eigenvalue weighted by Crippen LogP contribution is 2.06. The Morgan fingerprint density at radius 3 is 2.88 bits per heavy atom. The number of rotatable bonds is 4. The summed E-state index contributed by atoms with van der Waals surface area (Å²) in [4.78, 5) is 3.88. The first-order valence-electron chi connectivity index (χ1n) is 4.93. The van der Waals surface area contributed by atoms with Crippen molar-refractivity contribution in [3.63, 3.8) is 0 Å². The zero-order valence-electron chi connectivity index (χ0n) is 9.71. The van der Waals surface area contributed by atoms with E-state index in [1.54, 1.807) is 4.68 Å². The second kappa shape index (κ2) is 4.93. The summed E-state index contributed by atoms with van der Waals surface area (Å²) in [7, 11) is 0. The average molecular weight is 227 g/mol. The molecule has 0 saturated heterocycles. The molecule has 0 unspecified atom stereocenters. The summed E-state index contributed by atoms with van der Waals surface area (Å²) >= 11 is 0. The van der Waals surface area contributed by atoms with Gasteiger partial charge in [-0.2, -0.15) is 0 Å². The van der Waals surface area contributed by atoms with Gasteiger partial charge in [0.25, 0.3) is 0 Å². The Hall–Kier alpha value is -1.63. The van der Waals surface area contributed by atoms with Crippen LogP contribution in [0.15, 0.2) is 11.5 Å². The SMILES string of the molecule is CC(C)(C)OCCn1cnc(C(N)=NO)n1. The summed E-state index contributed by atoms with van der Waals surface area (Å²) < 4.78 is 7.11. The molecule has 7 nitrogen and oxygen atoms in total. The highest BCUT2D eigenvalue weighted by molar-refractivity contribution is 5.93. The van der Waals surface area contributed by atoms with Crippen molar-refractivity contribution in [2.45, 2.75) is 32.9 Å². The van der Waals surface area contributed by atoms with Crippen molar-refractivity contribution >= 4 is 5.84 Å². The molecule has 7 heteroatoms. The van der Waals surface area contributed by atoms with E-state index in [0.717, 1.165) is 0 Å². The van der Waals surface area contributed by atoms with Gasteiger partial charge in [-0.1, -0.05) is 5.16 Å². The molecule has 0 fully saturated rings. The lowest BCUT2D eigenvalue weighted by Gasteiger charge is -2.19. The molecule has 0 saturated carbocycles. The lowest BCUT2D eigenvalue weighted by Crippen LogP contribution is -2.22. The van der Waals surface area contributed by atoms with E-state index in [2.05, 4.69) is 15.2 Å². The molecule has 0 bridgehead atoms. The predicted molar refractivity (Wildman–Crippen MR) is 58.2 cm³/mol. The van der Waals surface area contributed by atoms with Crippen molar-refractivity contribution in [3.8, 4) is 0 Å². The minimum atomic E-state index is -0.172. The van der Waals surface area contributed by atoms with E-state index in [0.29, 0.717) is 13.2 Å². The Balaban J connectivity index is 2.47. The molecule has 0 aliphatic rings. The smallest absolute Gasteiger partial charge is 0.219 e. The third kappa shape index (κ3) is 3.85. The maximum atomic E-state index is 8.43. The van der Waals surface area contributed by atoms with Crippen molar-refractivity contribution in [3.05, 3.63) is 12.2 Å². The summed E-state index contributed by atoms with van der Waals surface area (Å²) in [6.07, 6.45) is 1.51. The summed E-state index contributed by atoms with van der Waals surface area (Å²) in [6, 6.07) is 0. The van der Waals surface area contributed by atoms with Gasteiger partial charge in [-0.05, 0) is 20.8 Å². The fraction of sp³-hybridized carbons (Fsp3) is 0.667. The molecule has 16 heavy (non-hydrogen) atoms. The Morgan fingerprint density at radius 2 is 2.31 bits per heavy atom. The van der Waals surface area contributed by atoms with E-state index in [1.165, 1.54) is 6.33 Å². The zero-order chi connectivity index (χ0) is 12.2. The first kappa shape index (κ1) is 12.4. The molecule has 1 heterocycles. The topological polar surface area (TPSA) is 98.6 Å². The monoisotopic (exact) mass is 227 g/mol. The van der Waals surface area contributed by atoms with Crippen molar-refractivity contribution in [2.75, 3.05) is 6.61 Å². The molecule has 1 aromatic heterocycles. The highest BCUT2D eigenvalue weighted by Gasteiger charge is 2.10. The van der Waals surface area contributed by atoms with Gasteiger partial charge in [-0.3, -0.25) is 0 Å². The minimum Gasteiger partial charge on any atom is -0.409 e. The number of oxime groups is 1. The van der Waals surface area contributed by atoms with Crippen LogP contribution in [0.4, 0.5) is 0 Å². The van der Waals surface area contributed by atoms with E-state index in [9.17, 15) is 0 Å². The Morgan fingerprint density at radius 1 is 1.62 bits per heavy atom. The molecule has 0 radical (unpaired) electrons. The fourth-order valence-electron chi connectivity index (χ4n) is 1.01. The Bertz CT molecular complexity index is 366. The van der Waals surface area contributed by atoms with Crippen LogP contribution in [0.25, 0.3) is 0 Å². The number of nitrogens with two attached hydrogens (primary N) is 1. The van der Waals surface area contributed by atoms with Crippen LogP contribution >= 0.6 is 0 Å². The highest BCUT2D eigenvalue weighted by atomic mass is 16.5. The number of hydrogen-bond donors (Lipinski definition) is 2. The number of amidine groups is 1. The van der Waals surface area contributed by atoms with Gasteiger partial charge >= 0.3 is 0 Å². The van der Waals surface area contributed by atoms with Crippen LogP contribution in [0.1, 0.15) is 26.6 Å². The third-order valence-electron chi connectivity index (χ3n) is 1.73. The molecule has 90 valence electrons. The minimum absolute atomic E-state index is 0.101. The van der Waals surface area contributed by atoms with Gasteiger partial charge in [0.2, 0.25) is 11.7 Å². The largest absolute Gasteiger partial charge is 0.409 e. The van der Waals surface area contributed by atoms with Gasteiger partial charge in [-0.25, -0.2) is 9.67 Å². The van der Waals surface area contributed by atoms with Crippen molar-refractivity contribution in [1.82, 2.24) is 14.8 Å². The molecule has 0 aliphatic carbocycles. The molecular weight excluding hydrogens is 210 g/mol. The van der Waals surface area contributed by atoms with Crippen LogP contribution in [0, 0.1) is 0 Å². The molecule has 1 aromatic rings. The van der Waals surface area contributed by atoms with Gasteiger partial charge in [-0.15, -0.1) is 5.10 Å². The zero-order valence-corrected chi connectivity index (χ0v) is 9.71. The number of ether oxygens (including phenoxy) is 1. The summed E-state index contributed by atoms with van der Waals surface area (Å²) in [5, 5.41) is 15.3. The molecule has 0 aromatic carbocycles. The van der Waals surface area contributed by atoms with Crippen molar-refractivity contribution < 1.29 is 9.94 Å². The van der Waals surface area contributed by atoms with Crippen LogP contribution in [0.3, 0.4) is 0 Å². The molecule has 0 amide bonds. The number of hydrogen-bond acceptors (Lipinski definition) is 5. The van der Waals surface area contributed by atoms with Crippen LogP contribution < -0.4 is 5.73 Å². The maximum absolute atomic E-state index is 8.43. The van der Waals surface area contributed by atoms with E-state index < -0.39 is 0 Å². The second-order valence-corrected chi connectivity index (χ2v) is 4.28. The van der Waals surface area contributed by atoms with E-state index in [-0.39, 0.29) is 17.3 Å². The first-order chi connectivity index (χ1) is 7.42. The second-order valence-electron chi connectivity index (χ2n) is 4.28. The lowest BCUT2D eigenvalue weighted by atomic mass is 10.2. The standard InChI is InChI=1S/C9H17N5O2/c1-9(2,3)16-5-4-14-6-11-8(12-14)7(10)13-15/h6,15H,4-5H2,1-3H3,(H2,10,13). The van der Waals surface area contributed by atoms with Gasteiger partial charge in [0.15, 0.2) is 0 Å². The lowest BCUT2D eigenvalue weighted by molar-refractivity contribution is -0.00793. The van der Waals surface area contributed by atoms with Crippen LogP contribution in [-0.2, 0) is 11.3 Å². The normalized spacial score (nSPS) is 13.1. The van der Waals surface area contributed by atoms with Crippen molar-refractivity contribution in [2.24, 2.45) is 10.9 Å². The van der Waals surface area contributed by atoms with Crippen LogP contribution in [0.2, 0.25) is 0 Å². The first-order valence-corrected chi connectivity index (χ1v) is 4.93. The molecule has 0 spiro atoms. The van der Waals surface area contributed by atoms with E-state index >= 15 is 0 Å². The number of aromatic nitrogens is 3. The quantitative estimate of drug-likeness (QED) is 0.331. The summed E-state index contributed by atoms with van der Waals surface area (Å²) in [5.41, 5.74) is 5.16. The molecule has 0 aliphatic heterocycles. The van der Waals surface area contributed by atoms with Crippen LogP contribution in [0.5, 0.6) is 0 Å². The van der Waals surface area contributed by atoms with Gasteiger partial charge in [0.1, 0.15) is 6.33 Å². The molecule has 3 N–H and O–H groups in total. The predicted octanol–water partition coefficient (Wildman–Crippen LogP) is 0.188. The Labute approximate surface area is 93.9 Å². The molecular formula is C9H17N5O2. The molecule has 1 rings (SSSR count). The van der Waals surface area contributed by atoms with E-state index in [4.69, 9.17) is 15.7 Å². The molecule has 0 atom stereocenters. The fourth-order valence-corrected chi connectivity index (χ4v) is 1.01. The van der Waals surface area contributed by atoms with Gasteiger partial charge in [0.05, 0.1) is 18.8 Å². The summed E-state index contributed by atoms with van der Waals surface area (Å²) in [5.74, 6) is 0.105. The van der Waals surface area contributed by atoms with Gasteiger partial charge in [0, 0.05) is 0 Å². The number of nitrogens with zero attached hydrogens (tertiary/aromatic N) is 4.